The third-order valence-electron chi connectivity index (χ3n) is 3.05. The molecule has 0 amide bonds. The number of unbranched alkanes of at least 4 members (excludes halogenated alkanes) is 5. The Balaban J connectivity index is -0.00000108. The molecule has 1 rings (SSSR count). The van der Waals surface area contributed by atoms with Crippen LogP contribution in [0.25, 0.3) is 0 Å². The number of rotatable bonds is 8. The van der Waals surface area contributed by atoms with Crippen LogP contribution in [0.3, 0.4) is 0 Å². The van der Waals surface area contributed by atoms with E-state index in [9.17, 15) is 8.42 Å². The van der Waals surface area contributed by atoms with Gasteiger partial charge < -0.3 is 2.85 Å². The molecule has 0 unspecified atom stereocenters. The molecular formula is C14H24CaO3S. The average molecular weight is 312 g/mol. The molecule has 0 spiro atoms. The van der Waals surface area contributed by atoms with Crippen LogP contribution in [0.4, 0.5) is 0 Å². The fraction of sp³-hybridized carbons (Fsp3) is 0.571. The van der Waals surface area contributed by atoms with Crippen LogP contribution in [0, 0.1) is 0 Å². The Morgan fingerprint density at radius 2 is 1.63 bits per heavy atom. The number of hydrogen-bond acceptors (Lipinski definition) is 2. The second-order valence-electron chi connectivity index (χ2n) is 4.60. The van der Waals surface area contributed by atoms with Crippen LogP contribution < -0.4 is 0 Å². The van der Waals surface area contributed by atoms with Gasteiger partial charge in [-0.05, 0) is 24.5 Å². The maximum atomic E-state index is 11.2. The summed E-state index contributed by atoms with van der Waals surface area (Å²) in [5, 5.41) is 0. The summed E-state index contributed by atoms with van der Waals surface area (Å²) in [4.78, 5) is 0.0542. The molecule has 0 radical (unpaired) electrons. The minimum atomic E-state index is -4.08. The molecule has 1 aromatic carbocycles. The average Bonchev–Trinajstić information content (AvgIpc) is 2.33. The van der Waals surface area contributed by atoms with Gasteiger partial charge in [0, 0.05) is 0 Å². The molecular weight excluding hydrogens is 288 g/mol. The molecule has 106 valence electrons. The van der Waals surface area contributed by atoms with E-state index >= 15 is 0 Å². The predicted octanol–water partition coefficient (Wildman–Crippen LogP) is 3.68. The summed E-state index contributed by atoms with van der Waals surface area (Å²) in [6.07, 6.45) is 7.73. The minimum absolute atomic E-state index is 0. The van der Waals surface area contributed by atoms with Gasteiger partial charge in [-0.15, -0.1) is 0 Å². The molecule has 5 heteroatoms. The molecule has 0 atom stereocenters. The number of hydrogen-bond donors (Lipinski definition) is 1. The van der Waals surface area contributed by atoms with Gasteiger partial charge in [0.15, 0.2) is 0 Å². The van der Waals surface area contributed by atoms with Crippen molar-refractivity contribution >= 4 is 47.9 Å². The summed E-state index contributed by atoms with van der Waals surface area (Å²) in [6, 6.07) is 6.67. The molecule has 0 bridgehead atoms. The van der Waals surface area contributed by atoms with Crippen molar-refractivity contribution in [2.24, 2.45) is 0 Å². The molecule has 0 saturated heterocycles. The fourth-order valence-electron chi connectivity index (χ4n) is 2.06. The van der Waals surface area contributed by atoms with E-state index in [1.54, 1.807) is 18.2 Å². The first-order valence-corrected chi connectivity index (χ1v) is 8.05. The molecule has 0 aliphatic rings. The predicted molar refractivity (Wildman–Crippen MR) is 81.3 cm³/mol. The molecule has 0 saturated carbocycles. The van der Waals surface area contributed by atoms with Gasteiger partial charge in [0.25, 0.3) is 10.1 Å². The Morgan fingerprint density at radius 1 is 1.05 bits per heavy atom. The van der Waals surface area contributed by atoms with Crippen molar-refractivity contribution in [3.05, 3.63) is 29.8 Å². The number of benzene rings is 1. The fourth-order valence-corrected chi connectivity index (χ4v) is 2.81. The Bertz CT molecular complexity index is 467. The van der Waals surface area contributed by atoms with Crippen molar-refractivity contribution in [2.45, 2.75) is 56.8 Å². The van der Waals surface area contributed by atoms with Crippen LogP contribution in [0.1, 0.15) is 53.9 Å². The van der Waals surface area contributed by atoms with Crippen molar-refractivity contribution < 1.29 is 15.8 Å². The van der Waals surface area contributed by atoms with Gasteiger partial charge in [-0.1, -0.05) is 57.2 Å². The van der Waals surface area contributed by atoms with Crippen LogP contribution in [-0.4, -0.2) is 50.7 Å². The third-order valence-corrected chi connectivity index (χ3v) is 4.00. The summed E-state index contributed by atoms with van der Waals surface area (Å²) < 4.78 is 31.5. The second kappa shape index (κ2) is 10.2. The van der Waals surface area contributed by atoms with E-state index in [4.69, 9.17) is 4.55 Å². The summed E-state index contributed by atoms with van der Waals surface area (Å²) in [6.45, 7) is 2.18. The van der Waals surface area contributed by atoms with E-state index in [-0.39, 0.29) is 45.5 Å². The van der Waals surface area contributed by atoms with Crippen molar-refractivity contribution in [3.8, 4) is 0 Å². The molecule has 19 heavy (non-hydrogen) atoms. The Labute approximate surface area is 149 Å². The Kier molecular flexibility index (Phi) is 10.4. The van der Waals surface area contributed by atoms with E-state index in [2.05, 4.69) is 6.92 Å². The van der Waals surface area contributed by atoms with Gasteiger partial charge in [-0.3, -0.25) is 4.55 Å². The van der Waals surface area contributed by atoms with Gasteiger partial charge in [-0.25, -0.2) is 0 Å². The van der Waals surface area contributed by atoms with Crippen LogP contribution in [0.5, 0.6) is 0 Å². The zero-order valence-electron chi connectivity index (χ0n) is 13.6. The normalized spacial score (nSPS) is 11.1. The Morgan fingerprint density at radius 3 is 2.26 bits per heavy atom. The maximum absolute atomic E-state index is 11.2. The Hall–Kier alpha value is 0.390. The maximum Gasteiger partial charge on any atom is 2.00 e. The van der Waals surface area contributed by atoms with Gasteiger partial charge >= 0.3 is 37.7 Å². The van der Waals surface area contributed by atoms with Gasteiger partial charge in [0.1, 0.15) is 0 Å². The van der Waals surface area contributed by atoms with Crippen LogP contribution in [0.2, 0.25) is 0 Å². The van der Waals surface area contributed by atoms with Crippen molar-refractivity contribution in [3.63, 3.8) is 0 Å². The van der Waals surface area contributed by atoms with E-state index < -0.39 is 10.1 Å². The summed E-state index contributed by atoms with van der Waals surface area (Å²) in [5.41, 5.74) is 0.718. The van der Waals surface area contributed by atoms with Crippen LogP contribution >= 0.6 is 0 Å². The van der Waals surface area contributed by atoms with Crippen molar-refractivity contribution in [2.75, 3.05) is 0 Å². The van der Waals surface area contributed by atoms with E-state index in [0.29, 0.717) is 6.42 Å². The first-order chi connectivity index (χ1) is 8.55. The summed E-state index contributed by atoms with van der Waals surface area (Å²) >= 11 is 0. The van der Waals surface area contributed by atoms with E-state index in [1.165, 1.54) is 31.7 Å². The van der Waals surface area contributed by atoms with Crippen LogP contribution in [-0.2, 0) is 16.5 Å². The molecule has 0 aliphatic heterocycles. The standard InChI is InChI=1S/C14H22O3S.Ca.2H/c1-2-3-4-5-6-7-10-13-11-8-9-12-14(13)18(15,16)17;;;/h8-9,11-12H,2-7,10H2,1H3,(H,15,16,17);;;/q;+2;2*-1. The summed E-state index contributed by atoms with van der Waals surface area (Å²) in [5.74, 6) is 0. The molecule has 0 aromatic heterocycles. The second-order valence-corrected chi connectivity index (χ2v) is 5.99. The molecule has 0 fully saturated rings. The largest absolute Gasteiger partial charge is 2.00 e. The van der Waals surface area contributed by atoms with E-state index in [0.717, 1.165) is 18.4 Å². The zero-order chi connectivity index (χ0) is 13.4. The molecule has 1 aromatic rings. The van der Waals surface area contributed by atoms with Crippen LogP contribution in [0.15, 0.2) is 29.2 Å². The number of aryl methyl sites for hydroxylation is 1. The van der Waals surface area contributed by atoms with Gasteiger partial charge in [0.2, 0.25) is 0 Å². The smallest absolute Gasteiger partial charge is 1.00 e. The van der Waals surface area contributed by atoms with Gasteiger partial charge in [0.05, 0.1) is 4.90 Å². The third kappa shape index (κ3) is 7.66. The molecule has 0 aliphatic carbocycles. The quantitative estimate of drug-likeness (QED) is 0.452. The zero-order valence-corrected chi connectivity index (χ0v) is 14.7. The molecule has 0 heterocycles. The van der Waals surface area contributed by atoms with Crippen molar-refractivity contribution in [1.29, 1.82) is 0 Å². The first kappa shape index (κ1) is 19.4. The van der Waals surface area contributed by atoms with Crippen molar-refractivity contribution in [1.82, 2.24) is 0 Å². The molecule has 1 N–H and O–H groups in total. The summed E-state index contributed by atoms with van der Waals surface area (Å²) in [7, 11) is -4.08. The topological polar surface area (TPSA) is 54.4 Å². The minimum Gasteiger partial charge on any atom is -1.00 e. The van der Waals surface area contributed by atoms with E-state index in [1.807, 2.05) is 0 Å². The SMILES string of the molecule is CCCCCCCCc1ccccc1S(=O)(=O)O.[Ca+2].[H-].[H-]. The monoisotopic (exact) mass is 312 g/mol. The molecule has 3 nitrogen and oxygen atoms in total. The first-order valence-electron chi connectivity index (χ1n) is 6.61. The van der Waals surface area contributed by atoms with Gasteiger partial charge in [-0.2, -0.15) is 8.42 Å².